The molecule has 2 rings (SSSR count). The van der Waals surface area contributed by atoms with Gasteiger partial charge in [-0.25, -0.2) is 0 Å². The molecular formula is C15H30O2Si. The van der Waals surface area contributed by atoms with Gasteiger partial charge in [0.2, 0.25) is 0 Å². The molecule has 2 nitrogen and oxygen atoms in total. The van der Waals surface area contributed by atoms with Crippen molar-refractivity contribution in [3.05, 3.63) is 0 Å². The first kappa shape index (κ1) is 14.5. The molecule has 0 aromatic rings. The van der Waals surface area contributed by atoms with E-state index in [9.17, 15) is 0 Å². The highest BCUT2D eigenvalue weighted by Crippen LogP contribution is 2.62. The molecule has 0 amide bonds. The smallest absolute Gasteiger partial charge is 0.325 e. The molecule has 2 fully saturated rings. The van der Waals surface area contributed by atoms with Gasteiger partial charge in [0.05, 0.1) is 0 Å². The van der Waals surface area contributed by atoms with Crippen LogP contribution in [-0.4, -0.2) is 22.5 Å². The molecule has 1 unspecified atom stereocenters. The van der Waals surface area contributed by atoms with Gasteiger partial charge in [0, 0.05) is 18.8 Å². The van der Waals surface area contributed by atoms with Gasteiger partial charge in [-0.3, -0.25) is 0 Å². The highest BCUT2D eigenvalue weighted by molar-refractivity contribution is 6.46. The molecule has 0 radical (unpaired) electrons. The summed E-state index contributed by atoms with van der Waals surface area (Å²) in [5.74, 6) is 1.72. The van der Waals surface area contributed by atoms with Crippen LogP contribution < -0.4 is 0 Å². The van der Waals surface area contributed by atoms with Crippen LogP contribution in [0.5, 0.6) is 0 Å². The van der Waals surface area contributed by atoms with Gasteiger partial charge in [0.25, 0.3) is 0 Å². The minimum Gasteiger partial charge on any atom is -0.397 e. The molecule has 0 aliphatic heterocycles. The normalized spacial score (nSPS) is 32.7. The van der Waals surface area contributed by atoms with Crippen LogP contribution >= 0.6 is 0 Å². The van der Waals surface area contributed by atoms with Crippen molar-refractivity contribution in [3.63, 3.8) is 0 Å². The maximum absolute atomic E-state index is 6.08. The minimum atomic E-state index is -1.52. The maximum Gasteiger partial charge on any atom is 0.325 e. The molecular weight excluding hydrogens is 240 g/mol. The van der Waals surface area contributed by atoms with Gasteiger partial charge < -0.3 is 8.85 Å². The highest BCUT2D eigenvalue weighted by atomic mass is 28.3. The third-order valence-electron chi connectivity index (χ3n) is 5.18. The SMILES string of the molecule is CCO[SiH](OCC)C(C(C)C)C12CCC(CC1)C2. The Balaban J connectivity index is 2.15. The third-order valence-corrected chi connectivity index (χ3v) is 8.56. The van der Waals surface area contributed by atoms with Gasteiger partial charge >= 0.3 is 9.28 Å². The summed E-state index contributed by atoms with van der Waals surface area (Å²) in [6.07, 6.45) is 7.25. The minimum absolute atomic E-state index is 0.583. The van der Waals surface area contributed by atoms with Crippen LogP contribution in [0.1, 0.15) is 59.8 Å². The van der Waals surface area contributed by atoms with Crippen molar-refractivity contribution in [2.24, 2.45) is 17.3 Å². The van der Waals surface area contributed by atoms with Crippen molar-refractivity contribution < 1.29 is 8.85 Å². The van der Waals surface area contributed by atoms with Gasteiger partial charge in [-0.2, -0.15) is 0 Å². The predicted octanol–water partition coefficient (Wildman–Crippen LogP) is 3.89. The average Bonchev–Trinajstić information content (AvgIpc) is 2.89. The van der Waals surface area contributed by atoms with E-state index in [0.717, 1.165) is 19.1 Å². The fraction of sp³-hybridized carbons (Fsp3) is 1.00. The molecule has 106 valence electrons. The zero-order valence-corrected chi connectivity index (χ0v) is 13.7. The Morgan fingerprint density at radius 3 is 2.00 bits per heavy atom. The largest absolute Gasteiger partial charge is 0.397 e. The van der Waals surface area contributed by atoms with Gasteiger partial charge in [-0.1, -0.05) is 13.8 Å². The fourth-order valence-corrected chi connectivity index (χ4v) is 7.44. The van der Waals surface area contributed by atoms with E-state index in [1.54, 1.807) is 0 Å². The second-order valence-electron chi connectivity index (χ2n) is 6.56. The quantitative estimate of drug-likeness (QED) is 0.654. The zero-order chi connectivity index (χ0) is 13.2. The summed E-state index contributed by atoms with van der Waals surface area (Å²) in [6, 6.07) is 0. The summed E-state index contributed by atoms with van der Waals surface area (Å²) >= 11 is 0. The highest BCUT2D eigenvalue weighted by Gasteiger charge is 2.53. The molecule has 0 heterocycles. The summed E-state index contributed by atoms with van der Waals surface area (Å²) in [5, 5.41) is 0. The molecule has 2 bridgehead atoms. The molecule has 0 saturated heterocycles. The summed E-state index contributed by atoms with van der Waals surface area (Å²) in [5.41, 5.74) is 1.30. The molecule has 18 heavy (non-hydrogen) atoms. The Morgan fingerprint density at radius 2 is 1.67 bits per heavy atom. The van der Waals surface area contributed by atoms with Crippen molar-refractivity contribution in [3.8, 4) is 0 Å². The Morgan fingerprint density at radius 1 is 1.11 bits per heavy atom. The molecule has 0 N–H and O–H groups in total. The Bertz CT molecular complexity index is 253. The van der Waals surface area contributed by atoms with E-state index in [2.05, 4.69) is 27.7 Å². The van der Waals surface area contributed by atoms with E-state index in [0.29, 0.717) is 16.9 Å². The zero-order valence-electron chi connectivity index (χ0n) is 12.6. The third kappa shape index (κ3) is 2.68. The van der Waals surface area contributed by atoms with E-state index in [1.807, 2.05) is 0 Å². The van der Waals surface area contributed by atoms with Crippen LogP contribution in [0.3, 0.4) is 0 Å². The Labute approximate surface area is 114 Å². The lowest BCUT2D eigenvalue weighted by Crippen LogP contribution is -2.41. The number of fused-ring (bicyclic) bond motifs is 2. The van der Waals surface area contributed by atoms with Gasteiger partial charge in [0.1, 0.15) is 0 Å². The van der Waals surface area contributed by atoms with Gasteiger partial charge in [0.15, 0.2) is 0 Å². The van der Waals surface area contributed by atoms with E-state index < -0.39 is 9.28 Å². The lowest BCUT2D eigenvalue weighted by Gasteiger charge is -2.41. The number of hydrogen-bond donors (Lipinski definition) is 0. The van der Waals surface area contributed by atoms with Crippen molar-refractivity contribution in [1.82, 2.24) is 0 Å². The van der Waals surface area contributed by atoms with E-state index in [4.69, 9.17) is 8.85 Å². The number of hydrogen-bond acceptors (Lipinski definition) is 2. The van der Waals surface area contributed by atoms with Gasteiger partial charge in [-0.15, -0.1) is 0 Å². The molecule has 2 saturated carbocycles. The standard InChI is InChI=1S/C15H30O2Si/c1-5-16-18(17-6-2)14(12(3)4)15-9-7-13(11-15)8-10-15/h12-14,18H,5-11H2,1-4H3. The monoisotopic (exact) mass is 270 g/mol. The van der Waals surface area contributed by atoms with Gasteiger partial charge in [-0.05, 0) is 63.2 Å². The molecule has 0 aromatic carbocycles. The second kappa shape index (κ2) is 6.06. The van der Waals surface area contributed by atoms with Crippen molar-refractivity contribution in [2.45, 2.75) is 65.3 Å². The molecule has 0 aromatic heterocycles. The van der Waals surface area contributed by atoms with E-state index in [-0.39, 0.29) is 0 Å². The lowest BCUT2D eigenvalue weighted by molar-refractivity contribution is 0.143. The van der Waals surface area contributed by atoms with Crippen LogP contribution in [0.15, 0.2) is 0 Å². The first-order chi connectivity index (χ1) is 8.63. The van der Waals surface area contributed by atoms with Crippen molar-refractivity contribution >= 4 is 9.28 Å². The summed E-state index contributed by atoms with van der Waals surface area (Å²) in [7, 11) is -1.52. The van der Waals surface area contributed by atoms with Crippen LogP contribution in [-0.2, 0) is 8.85 Å². The molecule has 2 aliphatic carbocycles. The Kier molecular flexibility index (Phi) is 4.90. The number of rotatable bonds is 7. The Hall–Kier alpha value is 0.137. The summed E-state index contributed by atoms with van der Waals surface area (Å²) < 4.78 is 12.2. The first-order valence-electron chi connectivity index (χ1n) is 7.86. The molecule has 3 heteroatoms. The molecule has 1 atom stereocenters. The maximum atomic E-state index is 6.08. The fourth-order valence-electron chi connectivity index (χ4n) is 4.60. The second-order valence-corrected chi connectivity index (χ2v) is 8.68. The van der Waals surface area contributed by atoms with Crippen LogP contribution in [0.2, 0.25) is 5.54 Å². The molecule has 2 aliphatic rings. The van der Waals surface area contributed by atoms with E-state index in [1.165, 1.54) is 32.1 Å². The lowest BCUT2D eigenvalue weighted by atomic mass is 9.77. The van der Waals surface area contributed by atoms with Crippen LogP contribution in [0.25, 0.3) is 0 Å². The predicted molar refractivity (Wildman–Crippen MR) is 78.0 cm³/mol. The van der Waals surface area contributed by atoms with Crippen LogP contribution in [0.4, 0.5) is 0 Å². The topological polar surface area (TPSA) is 18.5 Å². The molecule has 0 spiro atoms. The average molecular weight is 270 g/mol. The van der Waals surface area contributed by atoms with Crippen molar-refractivity contribution in [2.75, 3.05) is 13.2 Å². The summed E-state index contributed by atoms with van der Waals surface area (Å²) in [6.45, 7) is 10.6. The first-order valence-corrected chi connectivity index (χ1v) is 9.47. The van der Waals surface area contributed by atoms with Crippen LogP contribution in [0, 0.1) is 17.3 Å². The van der Waals surface area contributed by atoms with E-state index >= 15 is 0 Å². The summed E-state index contributed by atoms with van der Waals surface area (Å²) in [4.78, 5) is 0. The van der Waals surface area contributed by atoms with Crippen molar-refractivity contribution in [1.29, 1.82) is 0 Å².